The number of carbonyl (C=O) groups is 1. The Bertz CT molecular complexity index is 1080. The quantitative estimate of drug-likeness (QED) is 0.355. The molecule has 0 atom stereocenters. The summed E-state index contributed by atoms with van der Waals surface area (Å²) in [5.74, 6) is -2.05. The zero-order valence-electron chi connectivity index (χ0n) is 16.9. The van der Waals surface area contributed by atoms with Crippen LogP contribution in [0.15, 0.2) is 70.9 Å². The molecule has 0 unspecified atom stereocenters. The largest absolute Gasteiger partial charge is 0.462 e. The van der Waals surface area contributed by atoms with E-state index in [1.54, 1.807) is 25.1 Å². The van der Waals surface area contributed by atoms with Crippen LogP contribution < -0.4 is 4.90 Å². The lowest BCUT2D eigenvalue weighted by Crippen LogP contribution is -2.07. The van der Waals surface area contributed by atoms with Gasteiger partial charge in [0.2, 0.25) is 0 Å². The molecule has 7 heteroatoms. The number of anilines is 1. The second kappa shape index (κ2) is 9.26. The molecule has 0 bridgehead atoms. The summed E-state index contributed by atoms with van der Waals surface area (Å²) < 4.78 is 33.5. The number of carbonyl (C=O) groups excluding carboxylic acids is 1. The topological polar surface area (TPSA) is 54.3 Å². The van der Waals surface area contributed by atoms with E-state index < -0.39 is 17.6 Å². The molecule has 0 N–H and O–H groups in total. The van der Waals surface area contributed by atoms with Crippen molar-refractivity contribution < 1.29 is 18.3 Å². The molecule has 0 aliphatic rings. The van der Waals surface area contributed by atoms with Gasteiger partial charge in [-0.25, -0.2) is 13.6 Å². The molecule has 0 heterocycles. The molecular weight excluding hydrogens is 388 g/mol. The third-order valence-corrected chi connectivity index (χ3v) is 4.38. The van der Waals surface area contributed by atoms with Crippen molar-refractivity contribution in [3.63, 3.8) is 0 Å². The molecule has 0 spiro atoms. The lowest BCUT2D eigenvalue weighted by Gasteiger charge is -2.11. The van der Waals surface area contributed by atoms with Crippen LogP contribution in [0.4, 0.5) is 25.8 Å². The molecule has 154 valence electrons. The van der Waals surface area contributed by atoms with Gasteiger partial charge in [0.05, 0.1) is 17.9 Å². The minimum Gasteiger partial charge on any atom is -0.462 e. The fourth-order valence-electron chi connectivity index (χ4n) is 2.77. The summed E-state index contributed by atoms with van der Waals surface area (Å²) in [6, 6.07) is 15.7. The van der Waals surface area contributed by atoms with Crippen LogP contribution in [0.5, 0.6) is 0 Å². The normalized spacial score (nSPS) is 11.0. The summed E-state index contributed by atoms with van der Waals surface area (Å²) in [6.07, 6.45) is 0. The highest BCUT2D eigenvalue weighted by Crippen LogP contribution is 2.29. The zero-order chi connectivity index (χ0) is 21.7. The predicted octanol–water partition coefficient (Wildman–Crippen LogP) is 6.29. The van der Waals surface area contributed by atoms with Gasteiger partial charge in [0, 0.05) is 19.8 Å². The van der Waals surface area contributed by atoms with Crippen LogP contribution in [0.3, 0.4) is 0 Å². The summed E-state index contributed by atoms with van der Waals surface area (Å²) in [5, 5.41) is 8.02. The summed E-state index contributed by atoms with van der Waals surface area (Å²) in [5.41, 5.74) is 2.41. The smallest absolute Gasteiger partial charge is 0.341 e. The number of nitrogens with zero attached hydrogens (tertiary/aromatic N) is 3. The fraction of sp³-hybridized carbons (Fsp3) is 0.174. The van der Waals surface area contributed by atoms with Gasteiger partial charge in [0.15, 0.2) is 5.82 Å². The third-order valence-electron chi connectivity index (χ3n) is 4.38. The number of benzene rings is 3. The maximum absolute atomic E-state index is 14.5. The molecule has 0 fully saturated rings. The Morgan fingerprint density at radius 2 is 1.53 bits per heavy atom. The summed E-state index contributed by atoms with van der Waals surface area (Å²) in [4.78, 5) is 13.7. The van der Waals surface area contributed by atoms with E-state index >= 15 is 0 Å². The average Bonchev–Trinajstić information content (AvgIpc) is 2.73. The lowest BCUT2D eigenvalue weighted by molar-refractivity contribution is 0.0521. The fourth-order valence-corrected chi connectivity index (χ4v) is 2.77. The van der Waals surface area contributed by atoms with Gasteiger partial charge in [-0.2, -0.15) is 5.11 Å². The molecule has 0 saturated carbocycles. The first-order chi connectivity index (χ1) is 14.4. The van der Waals surface area contributed by atoms with Gasteiger partial charge in [0.25, 0.3) is 0 Å². The number of halogens is 2. The van der Waals surface area contributed by atoms with Crippen LogP contribution >= 0.6 is 0 Å². The monoisotopic (exact) mass is 409 g/mol. The van der Waals surface area contributed by atoms with E-state index in [0.29, 0.717) is 16.8 Å². The molecule has 3 rings (SSSR count). The Hall–Kier alpha value is -3.61. The number of azo groups is 1. The van der Waals surface area contributed by atoms with Crippen molar-refractivity contribution in [1.29, 1.82) is 0 Å². The number of esters is 1. The Morgan fingerprint density at radius 3 is 2.10 bits per heavy atom. The van der Waals surface area contributed by atoms with E-state index in [-0.39, 0.29) is 17.9 Å². The number of ether oxygens (including phenoxy) is 1. The molecule has 0 saturated heterocycles. The van der Waals surface area contributed by atoms with Crippen LogP contribution in [0, 0.1) is 11.6 Å². The summed E-state index contributed by atoms with van der Waals surface area (Å²) >= 11 is 0. The Morgan fingerprint density at radius 1 is 0.900 bits per heavy atom. The standard InChI is InChI=1S/C23H21F2N3O2/c1-4-30-23(29)19-11-5-15(13-20(19)24)16-6-12-22(21(25)14-16)27-26-17-7-9-18(10-8-17)28(2)3/h5-14H,4H2,1-3H3. The van der Waals surface area contributed by atoms with Crippen molar-refractivity contribution in [3.05, 3.63) is 77.9 Å². The first-order valence-electron chi connectivity index (χ1n) is 9.34. The van der Waals surface area contributed by atoms with Gasteiger partial charge in [-0.3, -0.25) is 0 Å². The molecule has 0 aromatic heterocycles. The van der Waals surface area contributed by atoms with Crippen LogP contribution in [-0.4, -0.2) is 26.7 Å². The van der Waals surface area contributed by atoms with Crippen molar-refractivity contribution >= 4 is 23.0 Å². The van der Waals surface area contributed by atoms with Crippen molar-refractivity contribution in [1.82, 2.24) is 0 Å². The minimum absolute atomic E-state index is 0.0686. The van der Waals surface area contributed by atoms with Gasteiger partial charge in [-0.15, -0.1) is 5.11 Å². The van der Waals surface area contributed by atoms with E-state index in [1.807, 2.05) is 31.1 Å². The van der Waals surface area contributed by atoms with Gasteiger partial charge >= 0.3 is 5.97 Å². The van der Waals surface area contributed by atoms with E-state index in [9.17, 15) is 13.6 Å². The molecule has 3 aromatic carbocycles. The van der Waals surface area contributed by atoms with Crippen LogP contribution in [-0.2, 0) is 4.74 Å². The SMILES string of the molecule is CCOC(=O)c1ccc(-c2ccc(N=Nc3ccc(N(C)C)cc3)c(F)c2)cc1F. The summed E-state index contributed by atoms with van der Waals surface area (Å²) in [7, 11) is 3.87. The van der Waals surface area contributed by atoms with E-state index in [2.05, 4.69) is 10.2 Å². The molecule has 30 heavy (non-hydrogen) atoms. The maximum Gasteiger partial charge on any atom is 0.341 e. The second-order valence-electron chi connectivity index (χ2n) is 6.69. The molecule has 0 radical (unpaired) electrons. The molecule has 3 aromatic rings. The molecule has 5 nitrogen and oxygen atoms in total. The Balaban J connectivity index is 1.79. The maximum atomic E-state index is 14.5. The van der Waals surface area contributed by atoms with E-state index in [1.165, 1.54) is 30.3 Å². The second-order valence-corrected chi connectivity index (χ2v) is 6.69. The highest BCUT2D eigenvalue weighted by molar-refractivity contribution is 5.90. The van der Waals surface area contributed by atoms with Gasteiger partial charge < -0.3 is 9.64 Å². The minimum atomic E-state index is -0.734. The number of hydrogen-bond acceptors (Lipinski definition) is 5. The van der Waals surface area contributed by atoms with Crippen LogP contribution in [0.2, 0.25) is 0 Å². The lowest BCUT2D eigenvalue weighted by atomic mass is 10.0. The first-order valence-corrected chi connectivity index (χ1v) is 9.34. The molecule has 0 amide bonds. The number of rotatable bonds is 6. The van der Waals surface area contributed by atoms with Gasteiger partial charge in [-0.05, 0) is 66.6 Å². The Kier molecular flexibility index (Phi) is 6.51. The first kappa shape index (κ1) is 21.1. The van der Waals surface area contributed by atoms with Crippen LogP contribution in [0.1, 0.15) is 17.3 Å². The molecule has 0 aliphatic carbocycles. The van der Waals surface area contributed by atoms with Gasteiger partial charge in [-0.1, -0.05) is 12.1 Å². The average molecular weight is 409 g/mol. The Labute approximate surface area is 173 Å². The van der Waals surface area contributed by atoms with E-state index in [0.717, 1.165) is 5.69 Å². The number of hydrogen-bond donors (Lipinski definition) is 0. The van der Waals surface area contributed by atoms with Crippen molar-refractivity contribution in [2.24, 2.45) is 10.2 Å². The highest BCUT2D eigenvalue weighted by atomic mass is 19.1. The predicted molar refractivity (Wildman–Crippen MR) is 113 cm³/mol. The van der Waals surface area contributed by atoms with Crippen molar-refractivity contribution in [2.75, 3.05) is 25.6 Å². The van der Waals surface area contributed by atoms with Crippen LogP contribution in [0.25, 0.3) is 11.1 Å². The van der Waals surface area contributed by atoms with Gasteiger partial charge in [0.1, 0.15) is 11.5 Å². The molecule has 0 aliphatic heterocycles. The zero-order valence-corrected chi connectivity index (χ0v) is 16.9. The van der Waals surface area contributed by atoms with E-state index in [4.69, 9.17) is 4.74 Å². The molecular formula is C23H21F2N3O2. The van der Waals surface area contributed by atoms with Crippen molar-refractivity contribution in [3.8, 4) is 11.1 Å². The van der Waals surface area contributed by atoms with Crippen molar-refractivity contribution in [2.45, 2.75) is 6.92 Å². The summed E-state index contributed by atoms with van der Waals surface area (Å²) in [6.45, 7) is 1.80. The highest BCUT2D eigenvalue weighted by Gasteiger charge is 2.14. The third kappa shape index (κ3) is 4.86.